The van der Waals surface area contributed by atoms with Crippen molar-refractivity contribution in [3.8, 4) is 0 Å². The van der Waals surface area contributed by atoms with Crippen LogP contribution in [0.1, 0.15) is 34.1 Å². The Morgan fingerprint density at radius 3 is 2.31 bits per heavy atom. The lowest BCUT2D eigenvalue weighted by Crippen LogP contribution is -2.55. The average molecular weight is 227 g/mol. The molecule has 0 radical (unpaired) electrons. The Balaban J connectivity index is 2.74. The maximum absolute atomic E-state index is 6.04. The number of nitrogens with zero attached hydrogens (tertiary/aromatic N) is 2. The number of likely N-dealkylation sites (N-methyl/N-ethyl adjacent to an activating group) is 2. The minimum atomic E-state index is 0.182. The van der Waals surface area contributed by atoms with Gasteiger partial charge in [0.25, 0.3) is 0 Å². The summed E-state index contributed by atoms with van der Waals surface area (Å²) in [5, 5.41) is 0. The molecule has 1 heterocycles. The molecule has 3 heteroatoms. The van der Waals surface area contributed by atoms with Crippen LogP contribution in [0.25, 0.3) is 0 Å². The van der Waals surface area contributed by atoms with Crippen molar-refractivity contribution in [2.75, 3.05) is 33.7 Å². The molecular weight excluding hydrogens is 198 g/mol. The van der Waals surface area contributed by atoms with Gasteiger partial charge in [-0.2, -0.15) is 0 Å². The first-order valence-electron chi connectivity index (χ1n) is 6.32. The van der Waals surface area contributed by atoms with Crippen molar-refractivity contribution < 1.29 is 0 Å². The third kappa shape index (κ3) is 2.96. The Kier molecular flexibility index (Phi) is 4.04. The van der Waals surface area contributed by atoms with Gasteiger partial charge in [-0.1, -0.05) is 20.8 Å². The molecule has 0 aromatic rings. The zero-order valence-electron chi connectivity index (χ0n) is 11.9. The molecule has 1 fully saturated rings. The van der Waals surface area contributed by atoms with Crippen molar-refractivity contribution in [1.29, 1.82) is 0 Å². The van der Waals surface area contributed by atoms with E-state index in [9.17, 15) is 0 Å². The standard InChI is InChI=1S/C13H29N3/c1-11-7-13(8-14,10-15(11)5)16(6)9-12(2,3)4/h11H,7-10,14H2,1-6H3. The molecule has 0 bridgehead atoms. The van der Waals surface area contributed by atoms with Crippen LogP contribution in [0.2, 0.25) is 0 Å². The van der Waals surface area contributed by atoms with Crippen LogP contribution in [-0.4, -0.2) is 55.1 Å². The SMILES string of the molecule is CC1CC(CN)(N(C)CC(C)(C)C)CN1C. The van der Waals surface area contributed by atoms with Gasteiger partial charge in [0.2, 0.25) is 0 Å². The van der Waals surface area contributed by atoms with Crippen molar-refractivity contribution in [2.24, 2.45) is 11.1 Å². The predicted molar refractivity (Wildman–Crippen MR) is 70.6 cm³/mol. The summed E-state index contributed by atoms with van der Waals surface area (Å²) in [6.45, 7) is 12.1. The molecule has 2 unspecified atom stereocenters. The van der Waals surface area contributed by atoms with Gasteiger partial charge in [-0.3, -0.25) is 4.90 Å². The predicted octanol–water partition coefficient (Wildman–Crippen LogP) is 1.39. The fourth-order valence-electron chi connectivity index (χ4n) is 2.85. The van der Waals surface area contributed by atoms with Gasteiger partial charge in [-0.05, 0) is 32.9 Å². The van der Waals surface area contributed by atoms with Gasteiger partial charge in [0.05, 0.1) is 0 Å². The smallest absolute Gasteiger partial charge is 0.0470 e. The summed E-state index contributed by atoms with van der Waals surface area (Å²) in [4.78, 5) is 4.90. The van der Waals surface area contributed by atoms with Crippen molar-refractivity contribution >= 4 is 0 Å². The van der Waals surface area contributed by atoms with E-state index in [4.69, 9.17) is 5.73 Å². The van der Waals surface area contributed by atoms with E-state index in [1.54, 1.807) is 0 Å². The van der Waals surface area contributed by atoms with Crippen LogP contribution in [0, 0.1) is 5.41 Å². The van der Waals surface area contributed by atoms with E-state index in [2.05, 4.69) is 51.6 Å². The molecule has 96 valence electrons. The van der Waals surface area contributed by atoms with E-state index in [0.717, 1.165) is 19.6 Å². The fourth-order valence-corrected chi connectivity index (χ4v) is 2.85. The van der Waals surface area contributed by atoms with Crippen molar-refractivity contribution in [3.63, 3.8) is 0 Å². The van der Waals surface area contributed by atoms with Gasteiger partial charge >= 0.3 is 0 Å². The maximum Gasteiger partial charge on any atom is 0.0470 e. The quantitative estimate of drug-likeness (QED) is 0.791. The maximum atomic E-state index is 6.04. The molecule has 2 N–H and O–H groups in total. The number of rotatable bonds is 3. The Morgan fingerprint density at radius 1 is 1.44 bits per heavy atom. The normalized spacial score (nSPS) is 32.6. The van der Waals surface area contributed by atoms with Crippen LogP contribution in [-0.2, 0) is 0 Å². The highest BCUT2D eigenvalue weighted by Gasteiger charge is 2.43. The molecule has 2 atom stereocenters. The number of hydrogen-bond acceptors (Lipinski definition) is 3. The summed E-state index contributed by atoms with van der Waals surface area (Å²) in [5.74, 6) is 0. The highest BCUT2D eigenvalue weighted by atomic mass is 15.3. The Labute approximate surface area is 101 Å². The second-order valence-electron chi connectivity index (χ2n) is 6.81. The number of hydrogen-bond donors (Lipinski definition) is 1. The van der Waals surface area contributed by atoms with Crippen LogP contribution in [0.5, 0.6) is 0 Å². The van der Waals surface area contributed by atoms with Gasteiger partial charge < -0.3 is 10.6 Å². The first-order valence-corrected chi connectivity index (χ1v) is 6.32. The van der Waals surface area contributed by atoms with Gasteiger partial charge in [-0.25, -0.2) is 0 Å². The molecule has 3 nitrogen and oxygen atoms in total. The lowest BCUT2D eigenvalue weighted by molar-refractivity contribution is 0.0932. The Morgan fingerprint density at radius 2 is 2.00 bits per heavy atom. The number of likely N-dealkylation sites (tertiary alicyclic amines) is 1. The van der Waals surface area contributed by atoms with E-state index in [1.807, 2.05) is 0 Å². The number of nitrogens with two attached hydrogens (primary N) is 1. The minimum Gasteiger partial charge on any atom is -0.329 e. The molecule has 16 heavy (non-hydrogen) atoms. The third-order valence-electron chi connectivity index (χ3n) is 3.87. The molecule has 0 amide bonds. The van der Waals surface area contributed by atoms with Gasteiger partial charge in [-0.15, -0.1) is 0 Å². The third-order valence-corrected chi connectivity index (χ3v) is 3.87. The summed E-state index contributed by atoms with van der Waals surface area (Å²) < 4.78 is 0. The summed E-state index contributed by atoms with van der Waals surface area (Å²) in [5.41, 5.74) is 6.56. The van der Waals surface area contributed by atoms with Gasteiger partial charge in [0, 0.05) is 31.2 Å². The summed E-state index contributed by atoms with van der Waals surface area (Å²) in [6, 6.07) is 0.644. The molecule has 0 saturated carbocycles. The van der Waals surface area contributed by atoms with Gasteiger partial charge in [0.15, 0.2) is 0 Å². The topological polar surface area (TPSA) is 32.5 Å². The van der Waals surface area contributed by atoms with Crippen molar-refractivity contribution in [2.45, 2.75) is 45.7 Å². The van der Waals surface area contributed by atoms with Crippen LogP contribution < -0.4 is 5.73 Å². The van der Waals surface area contributed by atoms with Crippen LogP contribution in [0.4, 0.5) is 0 Å². The van der Waals surface area contributed by atoms with Gasteiger partial charge in [0.1, 0.15) is 0 Å². The zero-order valence-corrected chi connectivity index (χ0v) is 11.9. The lowest BCUT2D eigenvalue weighted by Gasteiger charge is -2.41. The Hall–Kier alpha value is -0.120. The van der Waals surface area contributed by atoms with E-state index >= 15 is 0 Å². The second kappa shape index (κ2) is 4.63. The molecular formula is C13H29N3. The van der Waals surface area contributed by atoms with E-state index in [-0.39, 0.29) is 5.54 Å². The van der Waals surface area contributed by atoms with Crippen molar-refractivity contribution in [1.82, 2.24) is 9.80 Å². The highest BCUT2D eigenvalue weighted by Crippen LogP contribution is 2.31. The largest absolute Gasteiger partial charge is 0.329 e. The van der Waals surface area contributed by atoms with Crippen LogP contribution in [0.15, 0.2) is 0 Å². The molecule has 0 spiro atoms. The summed E-state index contributed by atoms with van der Waals surface area (Å²) >= 11 is 0. The lowest BCUT2D eigenvalue weighted by atomic mass is 9.89. The van der Waals surface area contributed by atoms with Crippen LogP contribution >= 0.6 is 0 Å². The summed E-state index contributed by atoms with van der Waals surface area (Å²) in [6.07, 6.45) is 1.19. The molecule has 1 aliphatic heterocycles. The second-order valence-corrected chi connectivity index (χ2v) is 6.81. The fraction of sp³-hybridized carbons (Fsp3) is 1.00. The Bertz CT molecular complexity index is 222. The van der Waals surface area contributed by atoms with E-state index < -0.39 is 0 Å². The monoisotopic (exact) mass is 227 g/mol. The molecule has 1 aliphatic rings. The van der Waals surface area contributed by atoms with E-state index in [0.29, 0.717) is 11.5 Å². The molecule has 1 rings (SSSR count). The highest BCUT2D eigenvalue weighted by molar-refractivity contribution is 5.02. The molecule has 0 aliphatic carbocycles. The zero-order chi connectivity index (χ0) is 12.6. The van der Waals surface area contributed by atoms with E-state index in [1.165, 1.54) is 6.42 Å². The molecule has 1 saturated heterocycles. The van der Waals surface area contributed by atoms with Crippen LogP contribution in [0.3, 0.4) is 0 Å². The first-order chi connectivity index (χ1) is 7.20. The minimum absolute atomic E-state index is 0.182. The molecule has 0 aromatic carbocycles. The average Bonchev–Trinajstić information content (AvgIpc) is 2.41. The first kappa shape index (κ1) is 13.9. The van der Waals surface area contributed by atoms with Crippen molar-refractivity contribution in [3.05, 3.63) is 0 Å². The summed E-state index contributed by atoms with van der Waals surface area (Å²) in [7, 11) is 4.43. The molecule has 0 aromatic heterocycles.